The average molecular weight is 282 g/mol. The van der Waals surface area contributed by atoms with Crippen molar-refractivity contribution in [2.45, 2.75) is 31.8 Å². The average Bonchev–Trinajstić information content (AvgIpc) is 2.54. The zero-order valence-electron chi connectivity index (χ0n) is 11.9. The van der Waals surface area contributed by atoms with E-state index in [9.17, 15) is 4.79 Å². The van der Waals surface area contributed by atoms with Gasteiger partial charge in [0.05, 0.1) is 31.0 Å². The number of hydrogen-bond acceptors (Lipinski definition) is 4. The first kappa shape index (κ1) is 15.0. The fourth-order valence-electron chi connectivity index (χ4n) is 2.55. The van der Waals surface area contributed by atoms with E-state index >= 15 is 0 Å². The minimum Gasteiger partial charge on any atom is -0.339 e. The molecular formula is C16H18N4O. The number of fused-ring (bicyclic) bond motifs is 1. The molecule has 0 fully saturated rings. The number of amides is 1. The quantitative estimate of drug-likeness (QED) is 0.884. The van der Waals surface area contributed by atoms with E-state index in [1.54, 1.807) is 4.90 Å². The van der Waals surface area contributed by atoms with E-state index in [-0.39, 0.29) is 11.9 Å². The highest BCUT2D eigenvalue weighted by molar-refractivity contribution is 5.82. The fourth-order valence-corrected chi connectivity index (χ4v) is 2.55. The van der Waals surface area contributed by atoms with Gasteiger partial charge in [0.2, 0.25) is 5.91 Å². The summed E-state index contributed by atoms with van der Waals surface area (Å²) in [4.78, 5) is 14.2. The normalized spacial score (nSPS) is 16.4. The lowest BCUT2D eigenvalue weighted by Crippen LogP contribution is -2.49. The molecule has 0 radical (unpaired) electrons. The number of rotatable bonds is 5. The van der Waals surface area contributed by atoms with E-state index in [4.69, 9.17) is 10.5 Å². The molecule has 0 saturated heterocycles. The molecule has 1 N–H and O–H groups in total. The zero-order valence-corrected chi connectivity index (χ0v) is 11.9. The van der Waals surface area contributed by atoms with E-state index in [0.29, 0.717) is 38.9 Å². The van der Waals surface area contributed by atoms with Gasteiger partial charge in [-0.1, -0.05) is 24.3 Å². The summed E-state index contributed by atoms with van der Waals surface area (Å²) in [5.74, 6) is -0.0185. The van der Waals surface area contributed by atoms with Gasteiger partial charge in [-0.15, -0.1) is 0 Å². The molecule has 5 heteroatoms. The van der Waals surface area contributed by atoms with Crippen molar-refractivity contribution in [2.24, 2.45) is 0 Å². The maximum atomic E-state index is 12.6. The number of nitrogens with one attached hydrogen (secondary N) is 1. The molecule has 108 valence electrons. The Bertz CT molecular complexity index is 567. The van der Waals surface area contributed by atoms with Crippen molar-refractivity contribution >= 4 is 5.91 Å². The molecule has 1 atom stereocenters. The summed E-state index contributed by atoms with van der Waals surface area (Å²) in [6, 6.07) is 11.9. The van der Waals surface area contributed by atoms with E-state index in [0.717, 1.165) is 0 Å². The molecular weight excluding hydrogens is 264 g/mol. The van der Waals surface area contributed by atoms with Crippen LogP contribution >= 0.6 is 0 Å². The van der Waals surface area contributed by atoms with E-state index < -0.39 is 0 Å². The van der Waals surface area contributed by atoms with Crippen molar-refractivity contribution < 1.29 is 4.79 Å². The van der Waals surface area contributed by atoms with Gasteiger partial charge in [-0.2, -0.15) is 10.5 Å². The summed E-state index contributed by atoms with van der Waals surface area (Å²) in [5.41, 5.74) is 2.41. The Kier molecular flexibility index (Phi) is 5.31. The molecule has 21 heavy (non-hydrogen) atoms. The van der Waals surface area contributed by atoms with Crippen LogP contribution in [0.2, 0.25) is 0 Å². The summed E-state index contributed by atoms with van der Waals surface area (Å²) in [6.07, 6.45) is 1.24. The van der Waals surface area contributed by atoms with Gasteiger partial charge in [0.25, 0.3) is 0 Å². The SMILES string of the molecule is N#CCCN(CCC#N)C(=O)[C@H]1Cc2ccccc2CN1. The van der Waals surface area contributed by atoms with E-state index in [1.807, 2.05) is 18.2 Å². The molecule has 0 aromatic heterocycles. The predicted octanol–water partition coefficient (Wildman–Crippen LogP) is 1.36. The molecule has 0 saturated carbocycles. The van der Waals surface area contributed by atoms with Crippen LogP contribution in [0, 0.1) is 22.7 Å². The van der Waals surface area contributed by atoms with Crippen molar-refractivity contribution in [3.05, 3.63) is 35.4 Å². The molecule has 1 aromatic rings. The third-order valence-corrected chi connectivity index (χ3v) is 3.68. The van der Waals surface area contributed by atoms with Crippen LogP contribution in [0.15, 0.2) is 24.3 Å². The second kappa shape index (κ2) is 7.42. The van der Waals surface area contributed by atoms with Crippen molar-refractivity contribution in [1.82, 2.24) is 10.2 Å². The summed E-state index contributed by atoms with van der Waals surface area (Å²) >= 11 is 0. The van der Waals surface area contributed by atoms with E-state index in [2.05, 4.69) is 23.5 Å². The van der Waals surface area contributed by atoms with Gasteiger partial charge in [-0.05, 0) is 17.5 Å². The summed E-state index contributed by atoms with van der Waals surface area (Å²) in [6.45, 7) is 1.45. The first-order chi connectivity index (χ1) is 10.3. The maximum absolute atomic E-state index is 12.6. The van der Waals surface area contributed by atoms with Crippen molar-refractivity contribution in [2.75, 3.05) is 13.1 Å². The number of carbonyl (C=O) groups excluding carboxylic acids is 1. The van der Waals surface area contributed by atoms with Gasteiger partial charge in [0.1, 0.15) is 0 Å². The standard InChI is InChI=1S/C16H18N4O/c17-7-3-9-20(10-4-8-18)16(21)15-11-13-5-1-2-6-14(13)12-19-15/h1-2,5-6,15,19H,3-4,9-12H2/t15-/m1/s1. The number of nitrogens with zero attached hydrogens (tertiary/aromatic N) is 3. The van der Waals surface area contributed by atoms with Crippen LogP contribution in [0.3, 0.4) is 0 Å². The van der Waals surface area contributed by atoms with Crippen molar-refractivity contribution in [3.63, 3.8) is 0 Å². The molecule has 0 bridgehead atoms. The van der Waals surface area contributed by atoms with Crippen LogP contribution < -0.4 is 5.32 Å². The Morgan fingerprint density at radius 1 is 1.19 bits per heavy atom. The van der Waals surface area contributed by atoms with Crippen LogP contribution in [0.1, 0.15) is 24.0 Å². The third-order valence-electron chi connectivity index (χ3n) is 3.68. The maximum Gasteiger partial charge on any atom is 0.240 e. The van der Waals surface area contributed by atoms with Gasteiger partial charge in [-0.25, -0.2) is 0 Å². The monoisotopic (exact) mass is 282 g/mol. The minimum absolute atomic E-state index is 0.0185. The van der Waals surface area contributed by atoms with Gasteiger partial charge >= 0.3 is 0 Å². The number of carbonyl (C=O) groups is 1. The van der Waals surface area contributed by atoms with Crippen LogP contribution in [0.5, 0.6) is 0 Å². The zero-order chi connectivity index (χ0) is 15.1. The summed E-state index contributed by atoms with van der Waals surface area (Å²) < 4.78 is 0. The lowest BCUT2D eigenvalue weighted by molar-refractivity contribution is -0.133. The van der Waals surface area contributed by atoms with Gasteiger partial charge < -0.3 is 10.2 Å². The van der Waals surface area contributed by atoms with Crippen LogP contribution in [-0.4, -0.2) is 29.9 Å². The lowest BCUT2D eigenvalue weighted by atomic mass is 9.95. The summed E-state index contributed by atoms with van der Waals surface area (Å²) in [5, 5.41) is 20.6. The molecule has 0 unspecified atom stereocenters. The first-order valence-corrected chi connectivity index (χ1v) is 7.09. The third kappa shape index (κ3) is 3.81. The second-order valence-corrected chi connectivity index (χ2v) is 5.05. The Balaban J connectivity index is 2.04. The largest absolute Gasteiger partial charge is 0.339 e. The minimum atomic E-state index is -0.266. The highest BCUT2D eigenvalue weighted by atomic mass is 16.2. The van der Waals surface area contributed by atoms with Crippen molar-refractivity contribution in [3.8, 4) is 12.1 Å². The first-order valence-electron chi connectivity index (χ1n) is 7.09. The Labute approximate surface area is 124 Å². The highest BCUT2D eigenvalue weighted by Gasteiger charge is 2.27. The topological polar surface area (TPSA) is 79.9 Å². The molecule has 2 rings (SSSR count). The lowest BCUT2D eigenvalue weighted by Gasteiger charge is -2.30. The van der Waals surface area contributed by atoms with Crippen LogP contribution in [0.25, 0.3) is 0 Å². The number of nitriles is 2. The van der Waals surface area contributed by atoms with Crippen molar-refractivity contribution in [1.29, 1.82) is 10.5 Å². The molecule has 1 aliphatic heterocycles. The van der Waals surface area contributed by atoms with Gasteiger partial charge in [0.15, 0.2) is 0 Å². The fraction of sp³-hybridized carbons (Fsp3) is 0.438. The Hall–Kier alpha value is -2.37. The number of benzene rings is 1. The molecule has 1 aliphatic rings. The molecule has 0 spiro atoms. The van der Waals surface area contributed by atoms with Crippen LogP contribution in [0.4, 0.5) is 0 Å². The molecule has 1 amide bonds. The molecule has 1 aromatic carbocycles. The second-order valence-electron chi connectivity index (χ2n) is 5.05. The number of hydrogen-bond donors (Lipinski definition) is 1. The Morgan fingerprint density at radius 2 is 1.81 bits per heavy atom. The van der Waals surface area contributed by atoms with E-state index in [1.165, 1.54) is 11.1 Å². The molecule has 1 heterocycles. The van der Waals surface area contributed by atoms with Gasteiger partial charge in [0, 0.05) is 19.6 Å². The molecule has 0 aliphatic carbocycles. The smallest absolute Gasteiger partial charge is 0.240 e. The Morgan fingerprint density at radius 3 is 2.43 bits per heavy atom. The van der Waals surface area contributed by atoms with Gasteiger partial charge in [-0.3, -0.25) is 4.79 Å². The molecule has 5 nitrogen and oxygen atoms in total. The predicted molar refractivity (Wildman–Crippen MR) is 77.8 cm³/mol. The summed E-state index contributed by atoms with van der Waals surface area (Å²) in [7, 11) is 0. The van der Waals surface area contributed by atoms with Crippen LogP contribution in [-0.2, 0) is 17.8 Å². The highest BCUT2D eigenvalue weighted by Crippen LogP contribution is 2.17.